The lowest BCUT2D eigenvalue weighted by Crippen LogP contribution is -2.53. The maximum absolute atomic E-state index is 12.5. The quantitative estimate of drug-likeness (QED) is 0.886. The normalized spacial score (nSPS) is 21.4. The van der Waals surface area contributed by atoms with Gasteiger partial charge in [0.15, 0.2) is 0 Å². The third kappa shape index (κ3) is 4.18. The second-order valence-electron chi connectivity index (χ2n) is 6.76. The molecule has 0 unspecified atom stereocenters. The highest BCUT2D eigenvalue weighted by atomic mass is 16.5. The first kappa shape index (κ1) is 17.9. The molecule has 6 heteroatoms. The van der Waals surface area contributed by atoms with Crippen molar-refractivity contribution in [3.05, 3.63) is 24.3 Å². The number of carbonyl (C=O) groups excluding carboxylic acids is 1. The number of hydrogen-bond acceptors (Lipinski definition) is 4. The van der Waals surface area contributed by atoms with E-state index in [2.05, 4.69) is 28.1 Å². The van der Waals surface area contributed by atoms with Crippen LogP contribution in [0.25, 0.3) is 0 Å². The van der Waals surface area contributed by atoms with Crippen LogP contribution in [0.3, 0.4) is 0 Å². The number of methoxy groups -OCH3 is 1. The number of likely N-dealkylation sites (tertiary alicyclic amines) is 1. The molecule has 2 heterocycles. The molecule has 2 amide bonds. The van der Waals surface area contributed by atoms with Crippen LogP contribution in [0.1, 0.15) is 19.8 Å². The van der Waals surface area contributed by atoms with Crippen LogP contribution in [-0.4, -0.2) is 74.8 Å². The minimum atomic E-state index is 0.0719. The molecule has 1 aromatic rings. The monoisotopic (exact) mass is 346 g/mol. The van der Waals surface area contributed by atoms with Gasteiger partial charge in [-0.2, -0.15) is 0 Å². The zero-order valence-electron chi connectivity index (χ0n) is 15.4. The van der Waals surface area contributed by atoms with E-state index in [9.17, 15) is 4.79 Å². The highest BCUT2D eigenvalue weighted by Crippen LogP contribution is 2.28. The summed E-state index contributed by atoms with van der Waals surface area (Å²) in [5.74, 6) is 0.890. The fraction of sp³-hybridized carbons (Fsp3) is 0.632. The first-order valence-electron chi connectivity index (χ1n) is 9.37. The average Bonchev–Trinajstić information content (AvgIpc) is 3.13. The fourth-order valence-corrected chi connectivity index (χ4v) is 3.90. The first-order chi connectivity index (χ1) is 12.2. The van der Waals surface area contributed by atoms with Crippen LogP contribution in [-0.2, 0) is 0 Å². The average molecular weight is 346 g/mol. The van der Waals surface area contributed by atoms with Crippen molar-refractivity contribution in [2.45, 2.75) is 25.8 Å². The molecule has 0 aromatic heterocycles. The Labute approximate surface area is 150 Å². The first-order valence-corrected chi connectivity index (χ1v) is 9.37. The molecule has 2 aliphatic heterocycles. The van der Waals surface area contributed by atoms with Crippen molar-refractivity contribution < 1.29 is 9.53 Å². The Bertz CT molecular complexity index is 572. The minimum absolute atomic E-state index is 0.0719. The van der Waals surface area contributed by atoms with Gasteiger partial charge in [-0.25, -0.2) is 4.79 Å². The number of nitrogens with zero attached hydrogens (tertiary/aromatic N) is 3. The van der Waals surface area contributed by atoms with E-state index < -0.39 is 0 Å². The van der Waals surface area contributed by atoms with E-state index in [-0.39, 0.29) is 6.03 Å². The smallest absolute Gasteiger partial charge is 0.317 e. The van der Waals surface area contributed by atoms with Gasteiger partial charge in [0.2, 0.25) is 0 Å². The molecular weight excluding hydrogens is 316 g/mol. The van der Waals surface area contributed by atoms with Gasteiger partial charge >= 0.3 is 6.03 Å². The summed E-state index contributed by atoms with van der Waals surface area (Å²) in [6.45, 7) is 8.33. The fourth-order valence-electron chi connectivity index (χ4n) is 3.90. The number of benzene rings is 1. The lowest BCUT2D eigenvalue weighted by atomic mass is 10.2. The third-order valence-electron chi connectivity index (χ3n) is 5.39. The molecule has 0 spiro atoms. The Morgan fingerprint density at radius 2 is 1.96 bits per heavy atom. The molecule has 0 aliphatic carbocycles. The summed E-state index contributed by atoms with van der Waals surface area (Å²) in [4.78, 5) is 19.1. The van der Waals surface area contributed by atoms with Gasteiger partial charge in [-0.3, -0.25) is 4.90 Å². The van der Waals surface area contributed by atoms with Crippen molar-refractivity contribution >= 4 is 11.7 Å². The number of hydrogen-bond donors (Lipinski definition) is 1. The number of carbonyl (C=O) groups is 1. The second-order valence-corrected chi connectivity index (χ2v) is 6.76. The van der Waals surface area contributed by atoms with Crippen LogP contribution in [0.5, 0.6) is 5.75 Å². The van der Waals surface area contributed by atoms with Gasteiger partial charge in [0.05, 0.1) is 12.8 Å². The standard InChI is InChI=1S/C19H30N4O2/c1-3-21-10-6-7-16(21)15-20-19(24)23-13-11-22(12-14-23)17-8-4-5-9-18(17)25-2/h4-5,8-9,16H,3,6-7,10-15H2,1-2H3,(H,20,24)/t16-/m1/s1. The van der Waals surface area contributed by atoms with E-state index in [0.29, 0.717) is 6.04 Å². The number of nitrogens with one attached hydrogen (secondary N) is 1. The molecule has 2 aliphatic rings. The zero-order valence-corrected chi connectivity index (χ0v) is 15.4. The molecule has 1 atom stereocenters. The molecule has 2 fully saturated rings. The van der Waals surface area contributed by atoms with Crippen LogP contribution < -0.4 is 15.0 Å². The van der Waals surface area contributed by atoms with Crippen LogP contribution in [0.4, 0.5) is 10.5 Å². The number of para-hydroxylation sites is 2. The van der Waals surface area contributed by atoms with Gasteiger partial charge in [0.25, 0.3) is 0 Å². The van der Waals surface area contributed by atoms with E-state index in [1.54, 1.807) is 7.11 Å². The number of likely N-dealkylation sites (N-methyl/N-ethyl adjacent to an activating group) is 1. The summed E-state index contributed by atoms with van der Waals surface area (Å²) < 4.78 is 5.45. The Kier molecular flexibility index (Phi) is 6.02. The molecule has 0 radical (unpaired) electrons. The molecule has 3 rings (SSSR count). The Morgan fingerprint density at radius 1 is 1.20 bits per heavy atom. The van der Waals surface area contributed by atoms with Crippen LogP contribution in [0.2, 0.25) is 0 Å². The van der Waals surface area contributed by atoms with E-state index in [4.69, 9.17) is 4.74 Å². The molecule has 1 aromatic carbocycles. The SMILES string of the molecule is CCN1CCC[C@@H]1CNC(=O)N1CCN(c2ccccc2OC)CC1. The predicted molar refractivity (Wildman–Crippen MR) is 100 cm³/mol. The van der Waals surface area contributed by atoms with Gasteiger partial charge in [0.1, 0.15) is 5.75 Å². The number of piperazine rings is 1. The molecule has 2 saturated heterocycles. The largest absolute Gasteiger partial charge is 0.495 e. The molecule has 25 heavy (non-hydrogen) atoms. The van der Waals surface area contributed by atoms with Crippen molar-refractivity contribution in [3.8, 4) is 5.75 Å². The third-order valence-corrected chi connectivity index (χ3v) is 5.39. The molecule has 138 valence electrons. The highest BCUT2D eigenvalue weighted by molar-refractivity contribution is 5.74. The zero-order chi connectivity index (χ0) is 17.6. The predicted octanol–water partition coefficient (Wildman–Crippen LogP) is 2.01. The molecule has 0 saturated carbocycles. The van der Waals surface area contributed by atoms with Crippen molar-refractivity contribution in [1.29, 1.82) is 0 Å². The number of urea groups is 1. The lowest BCUT2D eigenvalue weighted by molar-refractivity contribution is 0.188. The van der Waals surface area contributed by atoms with Gasteiger partial charge in [-0.1, -0.05) is 19.1 Å². The summed E-state index contributed by atoms with van der Waals surface area (Å²) in [5.41, 5.74) is 1.11. The molecule has 0 bridgehead atoms. The Hall–Kier alpha value is -1.95. The Balaban J connectivity index is 1.48. The topological polar surface area (TPSA) is 48.1 Å². The number of ether oxygens (including phenoxy) is 1. The maximum atomic E-state index is 12.5. The molecule has 1 N–H and O–H groups in total. The summed E-state index contributed by atoms with van der Waals surface area (Å²) in [7, 11) is 1.70. The number of rotatable bonds is 5. The van der Waals surface area contributed by atoms with E-state index in [1.807, 2.05) is 23.1 Å². The number of amides is 2. The van der Waals surface area contributed by atoms with Gasteiger partial charge in [0, 0.05) is 38.8 Å². The van der Waals surface area contributed by atoms with Crippen molar-refractivity contribution in [2.24, 2.45) is 0 Å². The molecule has 6 nitrogen and oxygen atoms in total. The summed E-state index contributed by atoms with van der Waals surface area (Å²) in [6.07, 6.45) is 2.43. The van der Waals surface area contributed by atoms with Crippen molar-refractivity contribution in [3.63, 3.8) is 0 Å². The Morgan fingerprint density at radius 3 is 2.68 bits per heavy atom. The van der Waals surface area contributed by atoms with E-state index in [1.165, 1.54) is 12.8 Å². The van der Waals surface area contributed by atoms with Crippen molar-refractivity contribution in [1.82, 2.24) is 15.1 Å². The van der Waals surface area contributed by atoms with Crippen LogP contribution >= 0.6 is 0 Å². The minimum Gasteiger partial charge on any atom is -0.495 e. The highest BCUT2D eigenvalue weighted by Gasteiger charge is 2.26. The van der Waals surface area contributed by atoms with Gasteiger partial charge in [-0.15, -0.1) is 0 Å². The van der Waals surface area contributed by atoms with Gasteiger partial charge < -0.3 is 19.9 Å². The van der Waals surface area contributed by atoms with E-state index in [0.717, 1.165) is 57.3 Å². The lowest BCUT2D eigenvalue weighted by Gasteiger charge is -2.36. The van der Waals surface area contributed by atoms with Crippen LogP contribution in [0.15, 0.2) is 24.3 Å². The van der Waals surface area contributed by atoms with E-state index >= 15 is 0 Å². The van der Waals surface area contributed by atoms with Crippen molar-refractivity contribution in [2.75, 3.05) is 57.8 Å². The molecular formula is C19H30N4O2. The summed E-state index contributed by atoms with van der Waals surface area (Å²) in [5, 5.41) is 3.14. The number of anilines is 1. The van der Waals surface area contributed by atoms with Gasteiger partial charge in [-0.05, 0) is 38.1 Å². The maximum Gasteiger partial charge on any atom is 0.317 e. The van der Waals surface area contributed by atoms with Crippen LogP contribution in [0, 0.1) is 0 Å². The summed E-state index contributed by atoms with van der Waals surface area (Å²) >= 11 is 0. The second kappa shape index (κ2) is 8.43. The summed E-state index contributed by atoms with van der Waals surface area (Å²) in [6, 6.07) is 8.64.